The van der Waals surface area contributed by atoms with Crippen molar-refractivity contribution in [3.05, 3.63) is 11.8 Å². The maximum atomic E-state index is 7.45. The summed E-state index contributed by atoms with van der Waals surface area (Å²) < 4.78 is 34.0. The van der Waals surface area contributed by atoms with E-state index in [0.29, 0.717) is 5.59 Å². The molecule has 2 rings (SSSR count). The predicted octanol–water partition coefficient (Wildman–Crippen LogP) is 1.02. The number of rotatable bonds is 1. The number of aromatic nitrogens is 2. The van der Waals surface area contributed by atoms with Gasteiger partial charge in [-0.15, -0.1) is 0 Å². The van der Waals surface area contributed by atoms with Crippen molar-refractivity contribution in [2.45, 2.75) is 45.7 Å². The first-order chi connectivity index (χ1) is 8.05. The van der Waals surface area contributed by atoms with Crippen LogP contribution in [0.25, 0.3) is 0 Å². The number of H-pyrrole nitrogens is 1. The number of hydrogen-bond donors (Lipinski definition) is 1. The van der Waals surface area contributed by atoms with E-state index in [9.17, 15) is 0 Å². The zero-order valence-electron chi connectivity index (χ0n) is 12.4. The van der Waals surface area contributed by atoms with Crippen LogP contribution in [-0.4, -0.2) is 28.5 Å². The average Bonchev–Trinajstić information content (AvgIpc) is 2.68. The third kappa shape index (κ3) is 1.60. The molecule has 0 radical (unpaired) electrons. The van der Waals surface area contributed by atoms with Crippen molar-refractivity contribution in [3.63, 3.8) is 0 Å². The third-order valence-electron chi connectivity index (χ3n) is 3.16. The standard InChI is InChI=1S/C10H17BN2O2/c1-7-6-12-13-8(7)11-14-9(2,3)10(4,5)15-11/h6H,1-5H3,(H,12,13)/i1D3. The van der Waals surface area contributed by atoms with Crippen LogP contribution in [-0.2, 0) is 9.31 Å². The van der Waals surface area contributed by atoms with Crippen LogP contribution in [0.5, 0.6) is 0 Å². The van der Waals surface area contributed by atoms with Gasteiger partial charge < -0.3 is 9.31 Å². The van der Waals surface area contributed by atoms with Gasteiger partial charge in [0.1, 0.15) is 0 Å². The second-order valence-electron chi connectivity index (χ2n) is 4.79. The Morgan fingerprint density at radius 1 is 1.33 bits per heavy atom. The molecule has 0 aliphatic carbocycles. The minimum absolute atomic E-state index is 0.140. The van der Waals surface area contributed by atoms with Crippen LogP contribution in [0.15, 0.2) is 6.20 Å². The first-order valence-corrected chi connectivity index (χ1v) is 4.94. The van der Waals surface area contributed by atoms with Crippen LogP contribution in [0.1, 0.15) is 37.4 Å². The summed E-state index contributed by atoms with van der Waals surface area (Å²) in [5, 5.41) is 6.45. The van der Waals surface area contributed by atoms with Crippen LogP contribution in [0.3, 0.4) is 0 Å². The highest BCUT2D eigenvalue weighted by atomic mass is 16.7. The fraction of sp³-hybridized carbons (Fsp3) is 0.700. The maximum Gasteiger partial charge on any atom is 0.514 e. The lowest BCUT2D eigenvalue weighted by molar-refractivity contribution is 0.00578. The number of aromatic amines is 1. The third-order valence-corrected chi connectivity index (χ3v) is 3.16. The summed E-state index contributed by atoms with van der Waals surface area (Å²) in [5.74, 6) is 0. The Bertz CT molecular complexity index is 440. The molecule has 1 aliphatic heterocycles. The molecule has 0 amide bonds. The number of nitrogens with zero attached hydrogens (tertiary/aromatic N) is 1. The second kappa shape index (κ2) is 3.09. The van der Waals surface area contributed by atoms with Gasteiger partial charge in [-0.25, -0.2) is 0 Å². The summed E-state index contributed by atoms with van der Waals surface area (Å²) in [6.45, 7) is 5.43. The maximum absolute atomic E-state index is 7.45. The lowest BCUT2D eigenvalue weighted by Crippen LogP contribution is -2.41. The van der Waals surface area contributed by atoms with Crippen molar-refractivity contribution in [1.29, 1.82) is 0 Å². The largest absolute Gasteiger partial charge is 0.514 e. The van der Waals surface area contributed by atoms with Gasteiger partial charge in [0.2, 0.25) is 0 Å². The van der Waals surface area contributed by atoms with Crippen molar-refractivity contribution >= 4 is 12.7 Å². The van der Waals surface area contributed by atoms with Gasteiger partial charge in [-0.2, -0.15) is 5.10 Å². The zero-order chi connectivity index (χ0) is 13.8. The normalized spacial score (nSPS) is 27.2. The Morgan fingerprint density at radius 3 is 2.47 bits per heavy atom. The summed E-state index contributed by atoms with van der Waals surface area (Å²) in [6, 6.07) is 0. The first-order valence-electron chi connectivity index (χ1n) is 6.44. The van der Waals surface area contributed by atoms with Gasteiger partial charge in [0.05, 0.1) is 23.0 Å². The Kier molecular flexibility index (Phi) is 1.54. The van der Waals surface area contributed by atoms with Gasteiger partial charge in [0.15, 0.2) is 0 Å². The van der Waals surface area contributed by atoms with Crippen molar-refractivity contribution in [3.8, 4) is 0 Å². The van der Waals surface area contributed by atoms with Gasteiger partial charge in [-0.1, -0.05) is 0 Å². The highest BCUT2D eigenvalue weighted by Gasteiger charge is 2.52. The second-order valence-corrected chi connectivity index (χ2v) is 4.79. The summed E-state index contributed by atoms with van der Waals surface area (Å²) in [7, 11) is -0.729. The molecule has 1 saturated heterocycles. The molecule has 4 nitrogen and oxygen atoms in total. The van der Waals surface area contributed by atoms with E-state index < -0.39 is 25.2 Å². The van der Waals surface area contributed by atoms with Crippen molar-refractivity contribution in [2.75, 3.05) is 0 Å². The summed E-state index contributed by atoms with van der Waals surface area (Å²) in [5.41, 5.74) is -0.501. The lowest BCUT2D eigenvalue weighted by Gasteiger charge is -2.32. The highest BCUT2D eigenvalue weighted by Crippen LogP contribution is 2.36. The van der Waals surface area contributed by atoms with Crippen LogP contribution in [0.4, 0.5) is 0 Å². The van der Waals surface area contributed by atoms with Crippen LogP contribution in [0.2, 0.25) is 0 Å². The first kappa shape index (κ1) is 7.47. The Hall–Kier alpha value is -0.805. The molecule has 0 unspecified atom stereocenters. The minimum atomic E-state index is -2.23. The van der Waals surface area contributed by atoms with E-state index in [0.717, 1.165) is 0 Å². The van der Waals surface area contributed by atoms with E-state index in [4.69, 9.17) is 13.4 Å². The monoisotopic (exact) mass is 211 g/mol. The number of hydrogen-bond acceptors (Lipinski definition) is 3. The number of nitrogens with one attached hydrogen (secondary N) is 1. The molecule has 1 fully saturated rings. The fourth-order valence-corrected chi connectivity index (χ4v) is 1.44. The molecule has 0 aromatic carbocycles. The van der Waals surface area contributed by atoms with Crippen molar-refractivity contribution in [1.82, 2.24) is 10.2 Å². The van der Waals surface area contributed by atoms with Crippen LogP contribution < -0.4 is 5.59 Å². The quantitative estimate of drug-likeness (QED) is 0.705. The molecular formula is C10H17BN2O2. The summed E-state index contributed by atoms with van der Waals surface area (Å²) >= 11 is 0. The van der Waals surface area contributed by atoms with Crippen molar-refractivity contribution in [2.24, 2.45) is 0 Å². The molecule has 2 heterocycles. The highest BCUT2D eigenvalue weighted by molar-refractivity contribution is 6.61. The molecule has 0 saturated carbocycles. The van der Waals surface area contributed by atoms with Crippen LogP contribution >= 0.6 is 0 Å². The van der Waals surface area contributed by atoms with Gasteiger partial charge in [-0.05, 0) is 40.1 Å². The molecular weight excluding hydrogens is 191 g/mol. The van der Waals surface area contributed by atoms with E-state index in [1.54, 1.807) is 0 Å². The van der Waals surface area contributed by atoms with Gasteiger partial charge in [0, 0.05) is 4.11 Å². The molecule has 15 heavy (non-hydrogen) atoms. The van der Waals surface area contributed by atoms with Crippen molar-refractivity contribution < 1.29 is 13.4 Å². The summed E-state index contributed by atoms with van der Waals surface area (Å²) in [6.07, 6.45) is 1.30. The fourth-order valence-electron chi connectivity index (χ4n) is 1.44. The number of aryl methyl sites for hydroxylation is 1. The Labute approximate surface area is 94.7 Å². The molecule has 1 aromatic heterocycles. The van der Waals surface area contributed by atoms with Gasteiger partial charge in [-0.3, -0.25) is 5.10 Å². The van der Waals surface area contributed by atoms with E-state index in [1.807, 2.05) is 27.7 Å². The van der Waals surface area contributed by atoms with E-state index >= 15 is 0 Å². The molecule has 0 atom stereocenters. The van der Waals surface area contributed by atoms with Crippen LogP contribution in [0, 0.1) is 6.85 Å². The predicted molar refractivity (Wildman–Crippen MR) is 59.0 cm³/mol. The van der Waals surface area contributed by atoms with E-state index in [1.165, 1.54) is 6.20 Å². The lowest BCUT2D eigenvalue weighted by atomic mass is 9.82. The smallest absolute Gasteiger partial charge is 0.398 e. The molecule has 1 aromatic rings. The Balaban J connectivity index is 2.34. The topological polar surface area (TPSA) is 47.1 Å². The molecule has 1 aliphatic rings. The molecule has 0 spiro atoms. The molecule has 5 heteroatoms. The van der Waals surface area contributed by atoms with E-state index in [2.05, 4.69) is 10.2 Å². The van der Waals surface area contributed by atoms with Gasteiger partial charge in [0.25, 0.3) is 0 Å². The average molecular weight is 211 g/mol. The zero-order valence-corrected chi connectivity index (χ0v) is 9.42. The Morgan fingerprint density at radius 2 is 1.93 bits per heavy atom. The SMILES string of the molecule is [2H]C([2H])([2H])c1cn[nH]c1B1OC(C)(C)C(C)(C)O1. The van der Waals surface area contributed by atoms with Gasteiger partial charge >= 0.3 is 7.12 Å². The summed E-state index contributed by atoms with van der Waals surface area (Å²) in [4.78, 5) is 0. The minimum Gasteiger partial charge on any atom is -0.398 e. The van der Waals surface area contributed by atoms with E-state index in [-0.39, 0.29) is 5.56 Å². The molecule has 82 valence electrons. The molecule has 1 N–H and O–H groups in total. The molecule has 0 bridgehead atoms.